The van der Waals surface area contributed by atoms with Gasteiger partial charge in [0.2, 0.25) is 5.91 Å². The molecule has 33 heavy (non-hydrogen) atoms. The number of anilines is 2. The van der Waals surface area contributed by atoms with Crippen LogP contribution in [0.2, 0.25) is 0 Å². The molecule has 3 heterocycles. The minimum atomic E-state index is -1.70. The summed E-state index contributed by atoms with van der Waals surface area (Å²) in [4.78, 5) is 55.7. The summed E-state index contributed by atoms with van der Waals surface area (Å²) in [5.74, 6) is -2.00. The smallest absolute Gasteiger partial charge is 0.335 e. The fourth-order valence-electron chi connectivity index (χ4n) is 5.08. The number of imide groups is 2. The Bertz CT molecular complexity index is 1200. The van der Waals surface area contributed by atoms with Gasteiger partial charge in [-0.05, 0) is 42.9 Å². The largest absolute Gasteiger partial charge is 0.364 e. The topological polar surface area (TPSA) is 116 Å². The van der Waals surface area contributed by atoms with Crippen LogP contribution < -0.4 is 15.1 Å². The van der Waals surface area contributed by atoms with E-state index >= 15 is 0 Å². The first-order chi connectivity index (χ1) is 15.7. The number of rotatable bonds is 2. The van der Waals surface area contributed by atoms with Crippen molar-refractivity contribution >= 4 is 34.9 Å². The quantitative estimate of drug-likeness (QED) is 0.418. The second-order valence-corrected chi connectivity index (χ2v) is 8.57. The van der Waals surface area contributed by atoms with Gasteiger partial charge >= 0.3 is 6.03 Å². The lowest BCUT2D eigenvalue weighted by molar-refractivity contribution is -0.384. The van der Waals surface area contributed by atoms with Crippen LogP contribution in [0.3, 0.4) is 0 Å². The Balaban J connectivity index is 1.68. The van der Waals surface area contributed by atoms with Crippen LogP contribution in [0, 0.1) is 21.3 Å². The van der Waals surface area contributed by atoms with Crippen molar-refractivity contribution in [1.29, 1.82) is 0 Å². The van der Waals surface area contributed by atoms with E-state index in [0.717, 1.165) is 22.7 Å². The molecule has 2 saturated heterocycles. The number of nitro groups is 1. The third kappa shape index (κ3) is 3.07. The SMILES string of the molecule is CN1CCN2c3ccc([N+](=O)[O-])cc3C[C@@]3(C(=O)NC(=O)N(c4ccc(F)cc4)C3=O)[C@H]2C1. The number of halogens is 1. The van der Waals surface area contributed by atoms with Crippen molar-refractivity contribution in [3.05, 3.63) is 64.0 Å². The zero-order valence-electron chi connectivity index (χ0n) is 17.7. The van der Waals surface area contributed by atoms with E-state index in [1.54, 1.807) is 6.07 Å². The van der Waals surface area contributed by atoms with Gasteiger partial charge in [0, 0.05) is 43.9 Å². The Labute approximate surface area is 187 Å². The second kappa shape index (κ2) is 7.34. The molecule has 170 valence electrons. The van der Waals surface area contributed by atoms with Crippen LogP contribution in [0.1, 0.15) is 5.56 Å². The van der Waals surface area contributed by atoms with E-state index in [0.29, 0.717) is 25.2 Å². The Kier molecular flexibility index (Phi) is 4.67. The van der Waals surface area contributed by atoms with Crippen LogP contribution in [-0.2, 0) is 16.0 Å². The standard InChI is InChI=1S/C22H20FN5O5/c1-25-8-9-26-17-7-6-16(28(32)33)10-13(17)11-22(18(26)12-25)19(29)24-21(31)27(20(22)30)15-4-2-14(23)3-5-15/h2-7,10,18H,8-9,11-12H2,1H3,(H,24,29,31)/t18-,22+/m1/s1. The number of nitrogens with one attached hydrogen (secondary N) is 1. The highest BCUT2D eigenvalue weighted by Crippen LogP contribution is 2.47. The zero-order valence-corrected chi connectivity index (χ0v) is 17.7. The van der Waals surface area contributed by atoms with Crippen LogP contribution in [-0.4, -0.2) is 60.4 Å². The predicted octanol–water partition coefficient (Wildman–Crippen LogP) is 1.68. The summed E-state index contributed by atoms with van der Waals surface area (Å²) in [6.45, 7) is 1.54. The van der Waals surface area contributed by atoms with E-state index < -0.39 is 40.0 Å². The molecule has 0 unspecified atom stereocenters. The van der Waals surface area contributed by atoms with E-state index in [1.165, 1.54) is 24.3 Å². The average Bonchev–Trinajstić information content (AvgIpc) is 2.78. The summed E-state index contributed by atoms with van der Waals surface area (Å²) in [5.41, 5.74) is -0.492. The van der Waals surface area contributed by atoms with Gasteiger partial charge in [0.05, 0.1) is 16.7 Å². The van der Waals surface area contributed by atoms with Gasteiger partial charge < -0.3 is 9.80 Å². The molecule has 0 aromatic heterocycles. The summed E-state index contributed by atoms with van der Waals surface area (Å²) in [5, 5.41) is 13.7. The third-order valence-electron chi connectivity index (χ3n) is 6.70. The number of fused-ring (bicyclic) bond motifs is 4. The Hall–Kier alpha value is -3.86. The Morgan fingerprint density at radius 3 is 2.55 bits per heavy atom. The molecule has 5 rings (SSSR count). The molecule has 4 amide bonds. The van der Waals surface area contributed by atoms with Crippen molar-refractivity contribution in [3.63, 3.8) is 0 Å². The van der Waals surface area contributed by atoms with E-state index in [9.17, 15) is 28.9 Å². The van der Waals surface area contributed by atoms with E-state index in [-0.39, 0.29) is 17.8 Å². The summed E-state index contributed by atoms with van der Waals surface area (Å²) in [7, 11) is 1.88. The van der Waals surface area contributed by atoms with Crippen molar-refractivity contribution in [2.75, 3.05) is 36.5 Å². The molecule has 11 heteroatoms. The molecule has 3 aliphatic rings. The molecule has 1 spiro atoms. The normalized spacial score (nSPS) is 25.0. The molecular formula is C22H20FN5O5. The van der Waals surface area contributed by atoms with Crippen molar-refractivity contribution in [3.8, 4) is 0 Å². The van der Waals surface area contributed by atoms with Gasteiger partial charge in [-0.2, -0.15) is 0 Å². The van der Waals surface area contributed by atoms with Gasteiger partial charge in [-0.3, -0.25) is 25.0 Å². The molecule has 1 N–H and O–H groups in total. The number of piperazine rings is 1. The maximum atomic E-state index is 14.0. The molecule has 0 bridgehead atoms. The molecule has 2 atom stereocenters. The lowest BCUT2D eigenvalue weighted by Crippen LogP contribution is -2.75. The molecule has 10 nitrogen and oxygen atoms in total. The number of benzene rings is 2. The van der Waals surface area contributed by atoms with Crippen LogP contribution in [0.4, 0.5) is 26.2 Å². The minimum absolute atomic E-state index is 0.103. The molecule has 0 aliphatic carbocycles. The van der Waals surface area contributed by atoms with Crippen molar-refractivity contribution in [2.24, 2.45) is 5.41 Å². The highest BCUT2D eigenvalue weighted by Gasteiger charge is 2.63. The molecule has 0 radical (unpaired) electrons. The van der Waals surface area contributed by atoms with Crippen LogP contribution in [0.25, 0.3) is 0 Å². The van der Waals surface area contributed by atoms with Gasteiger partial charge in [0.25, 0.3) is 11.6 Å². The zero-order chi connectivity index (χ0) is 23.5. The maximum Gasteiger partial charge on any atom is 0.335 e. The number of nitro benzene ring substituents is 1. The molecular weight excluding hydrogens is 433 g/mol. The summed E-state index contributed by atoms with van der Waals surface area (Å²) in [6, 6.07) is 7.75. The molecule has 2 fully saturated rings. The second-order valence-electron chi connectivity index (χ2n) is 8.57. The lowest BCUT2D eigenvalue weighted by Gasteiger charge is -2.54. The number of amides is 4. The monoisotopic (exact) mass is 453 g/mol. The number of barbiturate groups is 1. The van der Waals surface area contributed by atoms with E-state index in [1.807, 2.05) is 16.8 Å². The van der Waals surface area contributed by atoms with Crippen molar-refractivity contribution in [1.82, 2.24) is 10.2 Å². The third-order valence-corrected chi connectivity index (χ3v) is 6.70. The number of likely N-dealkylation sites (N-methyl/N-ethyl adjacent to an activating group) is 1. The van der Waals surface area contributed by atoms with Crippen molar-refractivity contribution in [2.45, 2.75) is 12.5 Å². The molecule has 2 aromatic rings. The van der Waals surface area contributed by atoms with E-state index in [4.69, 9.17) is 0 Å². The highest BCUT2D eigenvalue weighted by molar-refractivity contribution is 6.30. The number of hydrogen-bond acceptors (Lipinski definition) is 7. The van der Waals surface area contributed by atoms with Crippen LogP contribution in [0.15, 0.2) is 42.5 Å². The first-order valence-corrected chi connectivity index (χ1v) is 10.4. The highest BCUT2D eigenvalue weighted by atomic mass is 19.1. The molecule has 2 aromatic carbocycles. The fraction of sp³-hybridized carbons (Fsp3) is 0.318. The average molecular weight is 453 g/mol. The van der Waals surface area contributed by atoms with Crippen molar-refractivity contribution < 1.29 is 23.7 Å². The predicted molar refractivity (Wildman–Crippen MR) is 115 cm³/mol. The van der Waals surface area contributed by atoms with Gasteiger partial charge in [-0.15, -0.1) is 0 Å². The first kappa shape index (κ1) is 21.0. The van der Waals surface area contributed by atoms with Crippen LogP contribution in [0.5, 0.6) is 0 Å². The number of nitrogens with zero attached hydrogens (tertiary/aromatic N) is 4. The first-order valence-electron chi connectivity index (χ1n) is 10.4. The minimum Gasteiger partial charge on any atom is -0.364 e. The van der Waals surface area contributed by atoms with Gasteiger partial charge in [0.15, 0.2) is 5.41 Å². The Morgan fingerprint density at radius 1 is 1.12 bits per heavy atom. The van der Waals surface area contributed by atoms with Crippen LogP contribution >= 0.6 is 0 Å². The lowest BCUT2D eigenvalue weighted by atomic mass is 9.67. The number of hydrogen-bond donors (Lipinski definition) is 1. The molecule has 3 aliphatic heterocycles. The van der Waals surface area contributed by atoms with Gasteiger partial charge in [0.1, 0.15) is 5.82 Å². The van der Waals surface area contributed by atoms with Gasteiger partial charge in [-0.1, -0.05) is 0 Å². The summed E-state index contributed by atoms with van der Waals surface area (Å²) in [6.07, 6.45) is -0.103. The summed E-state index contributed by atoms with van der Waals surface area (Å²) >= 11 is 0. The molecule has 0 saturated carbocycles. The van der Waals surface area contributed by atoms with Gasteiger partial charge in [-0.25, -0.2) is 14.1 Å². The number of carbonyl (C=O) groups is 3. The Morgan fingerprint density at radius 2 is 1.85 bits per heavy atom. The fourth-order valence-corrected chi connectivity index (χ4v) is 5.08. The van der Waals surface area contributed by atoms with E-state index in [2.05, 4.69) is 5.32 Å². The summed E-state index contributed by atoms with van der Waals surface area (Å²) < 4.78 is 13.5. The maximum absolute atomic E-state index is 14.0. The number of carbonyl (C=O) groups excluding carboxylic acids is 3. The number of non-ortho nitro benzene ring substituents is 1. The number of urea groups is 1.